The Morgan fingerprint density at radius 3 is 2.67 bits per heavy atom. The number of rotatable bonds is 3. The maximum absolute atomic E-state index is 12.7. The summed E-state index contributed by atoms with van der Waals surface area (Å²) in [6.45, 7) is 0.987. The molecule has 0 bridgehead atoms. The first-order chi connectivity index (χ1) is 10.2. The second-order valence-electron chi connectivity index (χ2n) is 4.61. The molecule has 0 amide bonds. The largest absolute Gasteiger partial charge is 0.496 e. The molecule has 0 saturated heterocycles. The van der Waals surface area contributed by atoms with Gasteiger partial charge in [0, 0.05) is 11.3 Å². The van der Waals surface area contributed by atoms with Crippen LogP contribution >= 0.6 is 0 Å². The van der Waals surface area contributed by atoms with Crippen LogP contribution in [0, 0.1) is 0 Å². The van der Waals surface area contributed by atoms with Crippen LogP contribution in [-0.2, 0) is 0 Å². The number of ketones is 1. The number of nitrogen functional groups attached to an aromatic ring is 1. The molecule has 0 radical (unpaired) electrons. The third-order valence-corrected chi connectivity index (χ3v) is 3.31. The number of methoxy groups -OCH3 is 1. The number of hydrogen-bond acceptors (Lipinski definition) is 5. The lowest BCUT2D eigenvalue weighted by atomic mass is 10.00. The van der Waals surface area contributed by atoms with Crippen molar-refractivity contribution >= 4 is 11.5 Å². The minimum absolute atomic E-state index is 0.207. The van der Waals surface area contributed by atoms with E-state index in [1.54, 1.807) is 36.4 Å². The van der Waals surface area contributed by atoms with E-state index in [4.69, 9.17) is 19.9 Å². The maximum Gasteiger partial charge on any atom is 0.198 e. The highest BCUT2D eigenvalue weighted by atomic mass is 16.6. The van der Waals surface area contributed by atoms with Crippen molar-refractivity contribution in [2.24, 2.45) is 0 Å². The van der Waals surface area contributed by atoms with Gasteiger partial charge in [-0.1, -0.05) is 6.07 Å². The molecule has 0 aromatic heterocycles. The zero-order chi connectivity index (χ0) is 14.8. The summed E-state index contributed by atoms with van der Waals surface area (Å²) in [6, 6.07) is 10.2. The normalized spacial score (nSPS) is 12.8. The molecule has 3 rings (SSSR count). The first-order valence-electron chi connectivity index (χ1n) is 6.57. The van der Waals surface area contributed by atoms with Crippen LogP contribution in [0.5, 0.6) is 17.2 Å². The fourth-order valence-electron chi connectivity index (χ4n) is 2.29. The van der Waals surface area contributed by atoms with Crippen molar-refractivity contribution in [3.63, 3.8) is 0 Å². The molecule has 2 N–H and O–H groups in total. The van der Waals surface area contributed by atoms with Crippen molar-refractivity contribution in [2.75, 3.05) is 26.1 Å². The molecule has 108 valence electrons. The van der Waals surface area contributed by atoms with Gasteiger partial charge in [0.1, 0.15) is 19.0 Å². The summed E-state index contributed by atoms with van der Waals surface area (Å²) < 4.78 is 16.2. The molecule has 0 unspecified atom stereocenters. The number of benzene rings is 2. The highest BCUT2D eigenvalue weighted by Gasteiger charge is 2.20. The average Bonchev–Trinajstić information content (AvgIpc) is 2.53. The van der Waals surface area contributed by atoms with Gasteiger partial charge in [-0.2, -0.15) is 0 Å². The van der Waals surface area contributed by atoms with Crippen molar-refractivity contribution in [1.82, 2.24) is 0 Å². The van der Waals surface area contributed by atoms with Gasteiger partial charge in [0.25, 0.3) is 0 Å². The van der Waals surface area contributed by atoms with Gasteiger partial charge in [0.2, 0.25) is 0 Å². The Morgan fingerprint density at radius 1 is 1.14 bits per heavy atom. The van der Waals surface area contributed by atoms with E-state index in [1.165, 1.54) is 7.11 Å². The molecule has 5 nitrogen and oxygen atoms in total. The Labute approximate surface area is 122 Å². The summed E-state index contributed by atoms with van der Waals surface area (Å²) in [5, 5.41) is 0. The van der Waals surface area contributed by atoms with E-state index >= 15 is 0 Å². The van der Waals surface area contributed by atoms with E-state index in [2.05, 4.69) is 0 Å². The summed E-state index contributed by atoms with van der Waals surface area (Å²) in [6.07, 6.45) is 0. The maximum atomic E-state index is 12.7. The van der Waals surface area contributed by atoms with Crippen LogP contribution < -0.4 is 19.9 Å². The Kier molecular flexibility index (Phi) is 3.39. The molecular formula is C16H15NO4. The number of hydrogen-bond donors (Lipinski definition) is 1. The molecule has 2 aromatic carbocycles. The highest BCUT2D eigenvalue weighted by Crippen LogP contribution is 2.33. The molecule has 0 spiro atoms. The Morgan fingerprint density at radius 2 is 1.90 bits per heavy atom. The predicted octanol–water partition coefficient (Wildman–Crippen LogP) is 2.28. The van der Waals surface area contributed by atoms with E-state index in [0.717, 1.165) is 0 Å². The monoisotopic (exact) mass is 285 g/mol. The van der Waals surface area contributed by atoms with Crippen LogP contribution in [0.3, 0.4) is 0 Å². The van der Waals surface area contributed by atoms with E-state index < -0.39 is 0 Å². The summed E-state index contributed by atoms with van der Waals surface area (Å²) >= 11 is 0. The smallest absolute Gasteiger partial charge is 0.198 e. The molecular weight excluding hydrogens is 270 g/mol. The van der Waals surface area contributed by atoms with Gasteiger partial charge in [-0.05, 0) is 30.3 Å². The second kappa shape index (κ2) is 5.36. The number of carbonyl (C=O) groups excluding carboxylic acids is 1. The predicted molar refractivity (Wildman–Crippen MR) is 78.3 cm³/mol. The van der Waals surface area contributed by atoms with Crippen molar-refractivity contribution in [1.29, 1.82) is 0 Å². The topological polar surface area (TPSA) is 70.8 Å². The third kappa shape index (κ3) is 2.38. The molecule has 1 aliphatic heterocycles. The van der Waals surface area contributed by atoms with Gasteiger partial charge in [-0.25, -0.2) is 0 Å². The van der Waals surface area contributed by atoms with Crippen LogP contribution in [0.15, 0.2) is 36.4 Å². The summed E-state index contributed by atoms with van der Waals surface area (Å²) in [4.78, 5) is 12.7. The lowest BCUT2D eigenvalue weighted by Crippen LogP contribution is -2.16. The van der Waals surface area contributed by atoms with Gasteiger partial charge in [0.05, 0.1) is 12.7 Å². The SMILES string of the molecule is COc1cccc(N)c1C(=O)c1ccc2c(c1)OCCO2. The Bertz CT molecular complexity index is 697. The highest BCUT2D eigenvalue weighted by molar-refractivity contribution is 6.14. The number of anilines is 1. The first-order valence-corrected chi connectivity index (χ1v) is 6.57. The molecule has 21 heavy (non-hydrogen) atoms. The molecule has 0 fully saturated rings. The zero-order valence-electron chi connectivity index (χ0n) is 11.6. The molecule has 1 heterocycles. The van der Waals surface area contributed by atoms with Crippen molar-refractivity contribution in [3.05, 3.63) is 47.5 Å². The number of nitrogens with two attached hydrogens (primary N) is 1. The van der Waals surface area contributed by atoms with Gasteiger partial charge < -0.3 is 19.9 Å². The standard InChI is InChI=1S/C16H15NO4/c1-19-13-4-2-3-11(17)15(13)16(18)10-5-6-12-14(9-10)21-8-7-20-12/h2-6,9H,7-8,17H2,1H3. The van der Waals surface area contributed by atoms with Crippen LogP contribution in [0.4, 0.5) is 5.69 Å². The number of ether oxygens (including phenoxy) is 3. The fourth-order valence-corrected chi connectivity index (χ4v) is 2.29. The first kappa shape index (κ1) is 13.3. The van der Waals surface area contributed by atoms with Crippen LogP contribution in [0.2, 0.25) is 0 Å². The summed E-state index contributed by atoms with van der Waals surface area (Å²) in [7, 11) is 1.51. The van der Waals surface area contributed by atoms with Crippen LogP contribution in [0.1, 0.15) is 15.9 Å². The molecule has 0 saturated carbocycles. The lowest BCUT2D eigenvalue weighted by Gasteiger charge is -2.19. The minimum Gasteiger partial charge on any atom is -0.496 e. The number of carbonyl (C=O) groups is 1. The van der Waals surface area contributed by atoms with E-state index in [9.17, 15) is 4.79 Å². The van der Waals surface area contributed by atoms with Crippen molar-refractivity contribution in [3.8, 4) is 17.2 Å². The molecule has 5 heteroatoms. The molecule has 2 aromatic rings. The Balaban J connectivity index is 2.03. The fraction of sp³-hybridized carbons (Fsp3) is 0.188. The lowest BCUT2D eigenvalue weighted by molar-refractivity contribution is 0.103. The third-order valence-electron chi connectivity index (χ3n) is 3.31. The quantitative estimate of drug-likeness (QED) is 0.692. The van der Waals surface area contributed by atoms with Crippen LogP contribution in [-0.4, -0.2) is 26.1 Å². The molecule has 0 atom stereocenters. The van der Waals surface area contributed by atoms with E-state index in [0.29, 0.717) is 47.3 Å². The van der Waals surface area contributed by atoms with Crippen molar-refractivity contribution < 1.29 is 19.0 Å². The Hall–Kier alpha value is -2.69. The molecule has 1 aliphatic rings. The van der Waals surface area contributed by atoms with E-state index in [-0.39, 0.29) is 5.78 Å². The van der Waals surface area contributed by atoms with Crippen molar-refractivity contribution in [2.45, 2.75) is 0 Å². The van der Waals surface area contributed by atoms with Gasteiger partial charge >= 0.3 is 0 Å². The van der Waals surface area contributed by atoms with Crippen LogP contribution in [0.25, 0.3) is 0 Å². The minimum atomic E-state index is -0.207. The van der Waals surface area contributed by atoms with E-state index in [1.807, 2.05) is 0 Å². The summed E-state index contributed by atoms with van der Waals surface area (Å²) in [5.74, 6) is 1.46. The number of fused-ring (bicyclic) bond motifs is 1. The van der Waals surface area contributed by atoms with Gasteiger partial charge in [-0.15, -0.1) is 0 Å². The summed E-state index contributed by atoms with van der Waals surface area (Å²) in [5.41, 5.74) is 7.14. The van der Waals surface area contributed by atoms with Gasteiger partial charge in [0.15, 0.2) is 17.3 Å². The van der Waals surface area contributed by atoms with Gasteiger partial charge in [-0.3, -0.25) is 4.79 Å². The zero-order valence-corrected chi connectivity index (χ0v) is 11.6. The second-order valence-corrected chi connectivity index (χ2v) is 4.61. The average molecular weight is 285 g/mol. The molecule has 0 aliphatic carbocycles.